The maximum absolute atomic E-state index is 11.0. The molecule has 0 aliphatic carbocycles. The van der Waals surface area contributed by atoms with Crippen LogP contribution >= 0.6 is 0 Å². The molecule has 31 heavy (non-hydrogen) atoms. The van der Waals surface area contributed by atoms with Crippen molar-refractivity contribution < 1.29 is 60.9 Å². The summed E-state index contributed by atoms with van der Waals surface area (Å²) < 4.78 is 22.8. The number of quaternary nitrogens is 1. The Hall–Kier alpha value is -1.63. The fourth-order valence-corrected chi connectivity index (χ4v) is 4.46. The molecule has 2 aromatic rings. The second-order valence-electron chi connectivity index (χ2n) is 7.89. The van der Waals surface area contributed by atoms with E-state index < -0.39 is 0 Å². The van der Waals surface area contributed by atoms with E-state index in [1.165, 1.54) is 11.1 Å². The molecule has 0 saturated carbocycles. The van der Waals surface area contributed by atoms with Gasteiger partial charge in [0.25, 0.3) is 0 Å². The Bertz CT molecular complexity index is 904. The zero-order chi connectivity index (χ0) is 21.7. The molecular formula is C24H31NO5Y. The number of rotatable bonds is 9. The van der Waals surface area contributed by atoms with Gasteiger partial charge in [-0.05, 0) is 35.4 Å². The maximum atomic E-state index is 11.0. The smallest absolute Gasteiger partial charge is 0.161 e. The number of fused-ring (bicyclic) bond motifs is 1. The first-order valence-corrected chi connectivity index (χ1v) is 10.1. The summed E-state index contributed by atoms with van der Waals surface area (Å²) in [4.78, 5) is 11.0. The quantitative estimate of drug-likeness (QED) is 0.388. The van der Waals surface area contributed by atoms with Crippen molar-refractivity contribution in [3.05, 3.63) is 47.0 Å². The molecule has 2 aromatic carbocycles. The average molecular weight is 502 g/mol. The Kier molecular flexibility index (Phi) is 9.34. The SMILES string of the molecule is COc1ccc(C[C@@H]2c3cc(OC)c(OC)cc3CC[N@+]2(C)CC[C-]=O)cc1OC.[Y]. The molecule has 7 heteroatoms. The second-order valence-corrected chi connectivity index (χ2v) is 7.89. The van der Waals surface area contributed by atoms with Crippen LogP contribution in [0.1, 0.15) is 29.2 Å². The third kappa shape index (κ3) is 5.41. The Morgan fingerprint density at radius 3 is 2.16 bits per heavy atom. The van der Waals surface area contributed by atoms with Gasteiger partial charge in [0.15, 0.2) is 23.0 Å². The van der Waals surface area contributed by atoms with E-state index in [0.717, 1.165) is 47.5 Å². The van der Waals surface area contributed by atoms with E-state index in [2.05, 4.69) is 31.5 Å². The van der Waals surface area contributed by atoms with E-state index in [4.69, 9.17) is 18.9 Å². The van der Waals surface area contributed by atoms with Gasteiger partial charge in [-0.1, -0.05) is 6.07 Å². The molecule has 0 unspecified atom stereocenters. The van der Waals surface area contributed by atoms with Crippen molar-refractivity contribution in [2.24, 2.45) is 0 Å². The van der Waals surface area contributed by atoms with Gasteiger partial charge in [0.2, 0.25) is 0 Å². The number of hydrogen-bond donors (Lipinski definition) is 0. The number of methoxy groups -OCH3 is 4. The van der Waals surface area contributed by atoms with Crippen LogP contribution in [0.4, 0.5) is 0 Å². The van der Waals surface area contributed by atoms with Crippen molar-refractivity contribution in [1.29, 1.82) is 0 Å². The monoisotopic (exact) mass is 502 g/mol. The number of hydrogen-bond acceptors (Lipinski definition) is 5. The molecule has 2 atom stereocenters. The number of benzene rings is 2. The van der Waals surface area contributed by atoms with E-state index in [0.29, 0.717) is 17.9 Å². The summed E-state index contributed by atoms with van der Waals surface area (Å²) in [5.41, 5.74) is 3.66. The molecule has 1 aliphatic heterocycles. The molecule has 0 amide bonds. The minimum atomic E-state index is 0. The fourth-order valence-electron chi connectivity index (χ4n) is 4.46. The van der Waals surface area contributed by atoms with Crippen molar-refractivity contribution in [3.63, 3.8) is 0 Å². The van der Waals surface area contributed by atoms with Gasteiger partial charge in [-0.3, -0.25) is 6.29 Å². The Morgan fingerprint density at radius 1 is 0.935 bits per heavy atom. The Morgan fingerprint density at radius 2 is 1.55 bits per heavy atom. The average Bonchev–Trinajstić information content (AvgIpc) is 2.78. The molecule has 0 fully saturated rings. The summed E-state index contributed by atoms with van der Waals surface area (Å²) in [7, 11) is 8.83. The van der Waals surface area contributed by atoms with Crippen LogP contribution in [0.2, 0.25) is 0 Å². The largest absolute Gasteiger partial charge is 0.542 e. The number of likely N-dealkylation sites (N-methyl/N-ethyl adjacent to an activating group) is 1. The standard InChI is InChI=1S/C24H31NO5.Y/c1-25(10-6-12-26)11-9-18-15-23(29-4)24(30-5)16-19(18)20(25)13-17-7-8-21(27-2)22(14-17)28-3;/h7-8,14-16,20H,6,9-11,13H2,1-5H3;/t20-,25+;/m1./s1. The van der Waals surface area contributed by atoms with Crippen LogP contribution in [0.3, 0.4) is 0 Å². The predicted molar refractivity (Wildman–Crippen MR) is 115 cm³/mol. The molecular weight excluding hydrogens is 471 g/mol. The molecule has 1 aliphatic rings. The van der Waals surface area contributed by atoms with Crippen LogP contribution in [0, 0.1) is 0 Å². The molecule has 3 rings (SSSR count). The van der Waals surface area contributed by atoms with Gasteiger partial charge in [0, 0.05) is 51.1 Å². The van der Waals surface area contributed by atoms with Crippen molar-refractivity contribution in [2.75, 3.05) is 48.6 Å². The van der Waals surface area contributed by atoms with Crippen LogP contribution in [0.25, 0.3) is 0 Å². The predicted octanol–water partition coefficient (Wildman–Crippen LogP) is 3.50. The number of ether oxygens (including phenoxy) is 4. The molecule has 1 heterocycles. The Balaban J connectivity index is 0.00000341. The fraction of sp³-hybridized carbons (Fsp3) is 0.458. The van der Waals surface area contributed by atoms with Crippen LogP contribution < -0.4 is 18.9 Å². The van der Waals surface area contributed by atoms with E-state index >= 15 is 0 Å². The minimum absolute atomic E-state index is 0. The topological polar surface area (TPSA) is 54.0 Å². The van der Waals surface area contributed by atoms with E-state index in [-0.39, 0.29) is 38.8 Å². The number of nitrogens with zero attached hydrogens (tertiary/aromatic N) is 1. The van der Waals surface area contributed by atoms with Gasteiger partial charge in [0.05, 0.1) is 48.6 Å². The van der Waals surface area contributed by atoms with Gasteiger partial charge in [-0.25, -0.2) is 0 Å². The summed E-state index contributed by atoms with van der Waals surface area (Å²) in [6.45, 7) is 1.69. The van der Waals surface area contributed by atoms with Crippen LogP contribution in [0.15, 0.2) is 30.3 Å². The minimum Gasteiger partial charge on any atom is -0.542 e. The van der Waals surface area contributed by atoms with E-state index in [9.17, 15) is 4.79 Å². The van der Waals surface area contributed by atoms with Crippen molar-refractivity contribution in [2.45, 2.75) is 25.3 Å². The van der Waals surface area contributed by atoms with Crippen LogP contribution in [0.5, 0.6) is 23.0 Å². The van der Waals surface area contributed by atoms with Crippen molar-refractivity contribution in [3.8, 4) is 23.0 Å². The molecule has 165 valence electrons. The first-order valence-electron chi connectivity index (χ1n) is 10.1. The van der Waals surface area contributed by atoms with Gasteiger partial charge >= 0.3 is 0 Å². The normalized spacial score (nSPS) is 19.6. The van der Waals surface area contributed by atoms with Gasteiger partial charge in [-0.2, -0.15) is 0 Å². The summed E-state index contributed by atoms with van der Waals surface area (Å²) in [5.74, 6) is 2.90. The summed E-state index contributed by atoms with van der Waals surface area (Å²) in [5, 5.41) is 0. The zero-order valence-corrected chi connectivity index (χ0v) is 21.9. The first-order chi connectivity index (χ1) is 14.5. The third-order valence-electron chi connectivity index (χ3n) is 6.25. The van der Waals surface area contributed by atoms with E-state index in [1.54, 1.807) is 28.4 Å². The van der Waals surface area contributed by atoms with Gasteiger partial charge in [0.1, 0.15) is 6.04 Å². The maximum Gasteiger partial charge on any atom is 0.161 e. The molecule has 0 N–H and O–H groups in total. The molecule has 1 radical (unpaired) electrons. The van der Waals surface area contributed by atoms with Gasteiger partial charge in [-0.15, -0.1) is 6.42 Å². The van der Waals surface area contributed by atoms with E-state index in [1.807, 2.05) is 12.1 Å². The molecule has 0 aromatic heterocycles. The summed E-state index contributed by atoms with van der Waals surface area (Å²) in [6.07, 6.45) is 4.22. The summed E-state index contributed by atoms with van der Waals surface area (Å²) >= 11 is 0. The molecule has 6 nitrogen and oxygen atoms in total. The molecule has 0 saturated heterocycles. The van der Waals surface area contributed by atoms with Crippen molar-refractivity contribution >= 4 is 6.29 Å². The summed E-state index contributed by atoms with van der Waals surface area (Å²) in [6, 6.07) is 10.4. The molecule has 0 bridgehead atoms. The Labute approximate surface area is 210 Å². The van der Waals surface area contributed by atoms with Crippen molar-refractivity contribution in [1.82, 2.24) is 0 Å². The van der Waals surface area contributed by atoms with Gasteiger partial charge < -0.3 is 28.2 Å². The second kappa shape index (κ2) is 11.3. The first kappa shape index (κ1) is 25.6. The van der Waals surface area contributed by atoms with Crippen LogP contribution in [-0.2, 0) is 50.3 Å². The number of carbonyl (C=O) groups excluding carboxylic acids is 1. The zero-order valence-electron chi connectivity index (χ0n) is 19.1. The molecule has 0 spiro atoms. The third-order valence-corrected chi connectivity index (χ3v) is 6.25. The van der Waals surface area contributed by atoms with Crippen LogP contribution in [-0.4, -0.2) is 59.3 Å².